The summed E-state index contributed by atoms with van der Waals surface area (Å²) in [5.41, 5.74) is 0. The van der Waals surface area contributed by atoms with Crippen molar-refractivity contribution in [2.24, 2.45) is 5.92 Å². The Balaban J connectivity index is 2.11. The average molecular weight is 213 g/mol. The van der Waals surface area contributed by atoms with Crippen molar-refractivity contribution in [2.45, 2.75) is 45.1 Å². The fourth-order valence-corrected chi connectivity index (χ4v) is 2.00. The monoisotopic (exact) mass is 213 g/mol. The van der Waals surface area contributed by atoms with Crippen LogP contribution in [0.2, 0.25) is 0 Å². The van der Waals surface area contributed by atoms with Gasteiger partial charge in [0.15, 0.2) is 0 Å². The summed E-state index contributed by atoms with van der Waals surface area (Å²) in [5.74, 6) is 0.442. The molecule has 1 aliphatic rings. The molecule has 0 radical (unpaired) electrons. The molecule has 88 valence electrons. The fourth-order valence-electron chi connectivity index (χ4n) is 2.00. The van der Waals surface area contributed by atoms with Crippen LogP contribution in [-0.2, 0) is 9.53 Å². The van der Waals surface area contributed by atoms with Crippen LogP contribution in [0.1, 0.15) is 39.0 Å². The first-order chi connectivity index (χ1) is 7.24. The smallest absolute Gasteiger partial charge is 0.149 e. The maximum Gasteiger partial charge on any atom is 0.149 e. The molecule has 0 aromatic heterocycles. The van der Waals surface area contributed by atoms with E-state index in [-0.39, 0.29) is 5.92 Å². The molecule has 1 unspecified atom stereocenters. The van der Waals surface area contributed by atoms with E-state index in [1.807, 2.05) is 6.92 Å². The normalized spacial score (nSPS) is 19.3. The van der Waals surface area contributed by atoms with E-state index in [1.165, 1.54) is 25.7 Å². The molecule has 1 fully saturated rings. The van der Waals surface area contributed by atoms with E-state index >= 15 is 0 Å². The van der Waals surface area contributed by atoms with Gasteiger partial charge >= 0.3 is 0 Å². The number of rotatable bonds is 7. The van der Waals surface area contributed by atoms with Crippen LogP contribution in [0.15, 0.2) is 0 Å². The van der Waals surface area contributed by atoms with Gasteiger partial charge in [-0.3, -0.25) is 4.79 Å². The van der Waals surface area contributed by atoms with Crippen molar-refractivity contribution in [3.05, 3.63) is 0 Å². The van der Waals surface area contributed by atoms with Gasteiger partial charge in [0, 0.05) is 25.7 Å². The molecule has 15 heavy (non-hydrogen) atoms. The first-order valence-electron chi connectivity index (χ1n) is 5.99. The second kappa shape index (κ2) is 6.96. The highest BCUT2D eigenvalue weighted by Crippen LogP contribution is 2.17. The topological polar surface area (TPSA) is 38.3 Å². The van der Waals surface area contributed by atoms with Gasteiger partial charge in [0.05, 0.1) is 6.54 Å². The lowest BCUT2D eigenvalue weighted by molar-refractivity contribution is -0.122. The Hall–Kier alpha value is -0.410. The van der Waals surface area contributed by atoms with Crippen LogP contribution < -0.4 is 5.32 Å². The van der Waals surface area contributed by atoms with Crippen LogP contribution >= 0.6 is 0 Å². The largest absolute Gasteiger partial charge is 0.385 e. The van der Waals surface area contributed by atoms with E-state index in [9.17, 15) is 4.79 Å². The number of nitrogens with one attached hydrogen (secondary N) is 1. The van der Waals surface area contributed by atoms with Gasteiger partial charge < -0.3 is 10.1 Å². The SMILES string of the molecule is COCCC(C)C(=O)CNC1CCCC1. The Bertz CT molecular complexity index is 188. The molecule has 1 rings (SSSR count). The summed E-state index contributed by atoms with van der Waals surface area (Å²) in [4.78, 5) is 11.7. The summed E-state index contributed by atoms with van der Waals surface area (Å²) >= 11 is 0. The average Bonchev–Trinajstić information content (AvgIpc) is 2.75. The molecule has 1 saturated carbocycles. The van der Waals surface area contributed by atoms with Crippen molar-refractivity contribution in [1.29, 1.82) is 0 Å². The van der Waals surface area contributed by atoms with Crippen molar-refractivity contribution in [1.82, 2.24) is 5.32 Å². The highest BCUT2D eigenvalue weighted by molar-refractivity contribution is 5.82. The summed E-state index contributed by atoms with van der Waals surface area (Å²) in [6.07, 6.45) is 5.93. The molecule has 0 amide bonds. The third kappa shape index (κ3) is 4.76. The number of ketones is 1. The van der Waals surface area contributed by atoms with Gasteiger partial charge in [-0.15, -0.1) is 0 Å². The zero-order chi connectivity index (χ0) is 11.1. The maximum atomic E-state index is 11.7. The first-order valence-corrected chi connectivity index (χ1v) is 5.99. The van der Waals surface area contributed by atoms with Crippen LogP contribution in [0.25, 0.3) is 0 Å². The summed E-state index contributed by atoms with van der Waals surface area (Å²) in [6.45, 7) is 3.20. The van der Waals surface area contributed by atoms with Crippen molar-refractivity contribution in [2.75, 3.05) is 20.3 Å². The van der Waals surface area contributed by atoms with Crippen LogP contribution in [0.3, 0.4) is 0 Å². The Morgan fingerprint density at radius 1 is 1.47 bits per heavy atom. The van der Waals surface area contributed by atoms with E-state index in [2.05, 4.69) is 5.32 Å². The Morgan fingerprint density at radius 3 is 2.73 bits per heavy atom. The number of carbonyl (C=O) groups excluding carboxylic acids is 1. The molecule has 0 aromatic carbocycles. The molecule has 3 heteroatoms. The number of carbonyl (C=O) groups is 1. The highest BCUT2D eigenvalue weighted by Gasteiger charge is 2.17. The standard InChI is InChI=1S/C12H23NO2/c1-10(7-8-15-2)12(14)9-13-11-5-3-4-6-11/h10-11,13H,3-9H2,1-2H3. The van der Waals surface area contributed by atoms with Gasteiger partial charge in [-0.1, -0.05) is 19.8 Å². The maximum absolute atomic E-state index is 11.7. The zero-order valence-corrected chi connectivity index (χ0v) is 9.92. The van der Waals surface area contributed by atoms with E-state index in [4.69, 9.17) is 4.74 Å². The summed E-state index contributed by atoms with van der Waals surface area (Å²) in [5, 5.41) is 3.35. The van der Waals surface area contributed by atoms with E-state index < -0.39 is 0 Å². The van der Waals surface area contributed by atoms with E-state index in [0.717, 1.165) is 6.42 Å². The fraction of sp³-hybridized carbons (Fsp3) is 0.917. The second-order valence-electron chi connectivity index (χ2n) is 4.51. The van der Waals surface area contributed by atoms with E-state index in [0.29, 0.717) is 25.0 Å². The van der Waals surface area contributed by atoms with E-state index in [1.54, 1.807) is 7.11 Å². The highest BCUT2D eigenvalue weighted by atomic mass is 16.5. The summed E-state index contributed by atoms with van der Waals surface area (Å²) in [6, 6.07) is 0.587. The minimum absolute atomic E-state index is 0.124. The van der Waals surface area contributed by atoms with Crippen molar-refractivity contribution >= 4 is 5.78 Å². The molecule has 0 spiro atoms. The number of hydrogen-bond acceptors (Lipinski definition) is 3. The molecule has 0 aliphatic heterocycles. The molecular weight excluding hydrogens is 190 g/mol. The van der Waals surface area contributed by atoms with Gasteiger partial charge in [-0.2, -0.15) is 0 Å². The predicted molar refractivity (Wildman–Crippen MR) is 60.9 cm³/mol. The lowest BCUT2D eigenvalue weighted by atomic mass is 10.0. The van der Waals surface area contributed by atoms with Gasteiger partial charge in [0.25, 0.3) is 0 Å². The van der Waals surface area contributed by atoms with Crippen LogP contribution in [0, 0.1) is 5.92 Å². The minimum Gasteiger partial charge on any atom is -0.385 e. The third-order valence-electron chi connectivity index (χ3n) is 3.22. The number of ether oxygens (including phenoxy) is 1. The van der Waals surface area contributed by atoms with Crippen LogP contribution in [0.5, 0.6) is 0 Å². The number of hydrogen-bond donors (Lipinski definition) is 1. The Labute approximate surface area is 92.6 Å². The minimum atomic E-state index is 0.124. The van der Waals surface area contributed by atoms with Gasteiger partial charge in [-0.25, -0.2) is 0 Å². The van der Waals surface area contributed by atoms with Crippen LogP contribution in [0.4, 0.5) is 0 Å². The Morgan fingerprint density at radius 2 is 2.13 bits per heavy atom. The van der Waals surface area contributed by atoms with Crippen molar-refractivity contribution in [3.63, 3.8) is 0 Å². The second-order valence-corrected chi connectivity index (χ2v) is 4.51. The first kappa shape index (κ1) is 12.7. The molecule has 0 bridgehead atoms. The molecule has 3 nitrogen and oxygen atoms in total. The van der Waals surface area contributed by atoms with Gasteiger partial charge in [0.2, 0.25) is 0 Å². The third-order valence-corrected chi connectivity index (χ3v) is 3.22. The molecular formula is C12H23NO2. The van der Waals surface area contributed by atoms with Gasteiger partial charge in [-0.05, 0) is 19.3 Å². The lowest BCUT2D eigenvalue weighted by Gasteiger charge is -2.14. The number of Topliss-reactive ketones (excluding diaryl/α,β-unsaturated/α-hetero) is 1. The summed E-state index contributed by atoms with van der Waals surface area (Å²) in [7, 11) is 1.67. The van der Waals surface area contributed by atoms with Crippen molar-refractivity contribution in [3.8, 4) is 0 Å². The Kier molecular flexibility index (Phi) is 5.88. The quantitative estimate of drug-likeness (QED) is 0.700. The van der Waals surface area contributed by atoms with Crippen LogP contribution in [-0.4, -0.2) is 32.1 Å². The number of methoxy groups -OCH3 is 1. The molecule has 0 saturated heterocycles. The predicted octanol–water partition coefficient (Wildman–Crippen LogP) is 1.76. The zero-order valence-electron chi connectivity index (χ0n) is 9.92. The molecule has 0 heterocycles. The molecule has 1 N–H and O–H groups in total. The summed E-state index contributed by atoms with van der Waals surface area (Å²) < 4.78 is 4.97. The lowest BCUT2D eigenvalue weighted by Crippen LogP contribution is -2.34. The molecule has 1 atom stereocenters. The van der Waals surface area contributed by atoms with Gasteiger partial charge in [0.1, 0.15) is 5.78 Å². The van der Waals surface area contributed by atoms with Crippen molar-refractivity contribution < 1.29 is 9.53 Å². The molecule has 1 aliphatic carbocycles. The molecule has 0 aromatic rings.